The normalized spacial score (nSPS) is 16.8. The molecule has 1 aliphatic rings. The molecule has 1 heterocycles. The van der Waals surface area contributed by atoms with Gasteiger partial charge in [0.05, 0.1) is 0 Å². The first-order valence-electron chi connectivity index (χ1n) is 15.3. The van der Waals surface area contributed by atoms with Crippen LogP contribution in [-0.2, 0) is 24.4 Å². The molecule has 5 heteroatoms. The molecule has 0 spiro atoms. The molecule has 0 unspecified atom stereocenters. The molecule has 0 N–H and O–H groups in total. The van der Waals surface area contributed by atoms with E-state index in [1.807, 2.05) is 4.90 Å². The minimum atomic E-state index is 0.753. The van der Waals surface area contributed by atoms with Gasteiger partial charge in [0.25, 0.3) is 0 Å². The lowest BCUT2D eigenvalue weighted by molar-refractivity contribution is -0.118. The van der Waals surface area contributed by atoms with Crippen molar-refractivity contribution in [2.24, 2.45) is 0 Å². The van der Waals surface area contributed by atoms with E-state index in [0.717, 1.165) is 78.4 Å². The average Bonchev–Trinajstić information content (AvgIpc) is 2.94. The maximum absolute atomic E-state index is 12.1. The zero-order chi connectivity index (χ0) is 29.4. The van der Waals surface area contributed by atoms with Crippen molar-refractivity contribution in [1.29, 1.82) is 0 Å². The predicted octanol–water partition coefficient (Wildman–Crippen LogP) is 5.82. The highest BCUT2D eigenvalue weighted by Crippen LogP contribution is 2.20. The lowest BCUT2D eigenvalue weighted by Crippen LogP contribution is -2.45. The fraction of sp³-hybridized carbons (Fsp3) is 0.472. The van der Waals surface area contributed by atoms with E-state index in [4.69, 9.17) is 0 Å². The van der Waals surface area contributed by atoms with Crippen molar-refractivity contribution in [3.8, 4) is 0 Å². The molecule has 0 bridgehead atoms. The molecule has 1 fully saturated rings. The first kappa shape index (κ1) is 31.0. The summed E-state index contributed by atoms with van der Waals surface area (Å²) in [6.07, 6.45) is 1.05. The molecule has 0 aliphatic carbocycles. The lowest BCUT2D eigenvalue weighted by atomic mass is 10.0. The first-order chi connectivity index (χ1) is 19.7. The maximum Gasteiger partial charge on any atom is 0.209 e. The molecule has 41 heavy (non-hydrogen) atoms. The lowest BCUT2D eigenvalue weighted by Gasteiger charge is -2.34. The van der Waals surface area contributed by atoms with Gasteiger partial charge in [-0.05, 0) is 91.6 Å². The number of nitrogens with zero attached hydrogens (tertiary/aromatic N) is 4. The highest BCUT2D eigenvalue weighted by Gasteiger charge is 2.19. The van der Waals surface area contributed by atoms with Gasteiger partial charge in [-0.2, -0.15) is 0 Å². The maximum atomic E-state index is 12.1. The Balaban J connectivity index is 1.58. The van der Waals surface area contributed by atoms with E-state index in [-0.39, 0.29) is 0 Å². The minimum absolute atomic E-state index is 0.753. The average molecular weight is 555 g/mol. The summed E-state index contributed by atoms with van der Waals surface area (Å²) < 4.78 is 0. The third kappa shape index (κ3) is 8.51. The van der Waals surface area contributed by atoms with E-state index in [9.17, 15) is 4.79 Å². The number of carbonyl (C=O) groups excluding carboxylic acids is 1. The van der Waals surface area contributed by atoms with Crippen LogP contribution < -0.4 is 0 Å². The second kappa shape index (κ2) is 14.8. The summed E-state index contributed by atoms with van der Waals surface area (Å²) in [6, 6.07) is 19.8. The Labute approximate surface area is 248 Å². The van der Waals surface area contributed by atoms with E-state index >= 15 is 0 Å². The van der Waals surface area contributed by atoms with Gasteiger partial charge in [0.2, 0.25) is 6.41 Å². The SMILES string of the molecule is Cc1cccc(C)c1CN1CCN(C=O)CCN(Cc2c(C)cccc2C)CCN(Cc2c(C)cccc2C)CC1. The molecule has 3 aromatic rings. The zero-order valence-electron chi connectivity index (χ0n) is 26.2. The summed E-state index contributed by atoms with van der Waals surface area (Å²) in [5.74, 6) is 0. The Morgan fingerprint density at radius 1 is 0.463 bits per heavy atom. The van der Waals surface area contributed by atoms with Gasteiger partial charge in [-0.1, -0.05) is 54.6 Å². The van der Waals surface area contributed by atoms with Crippen molar-refractivity contribution >= 4 is 6.41 Å². The van der Waals surface area contributed by atoms with Crippen LogP contribution in [0.5, 0.6) is 0 Å². The Kier molecular flexibility index (Phi) is 11.1. The van der Waals surface area contributed by atoms with Crippen LogP contribution >= 0.6 is 0 Å². The van der Waals surface area contributed by atoms with Crippen LogP contribution in [0.1, 0.15) is 50.1 Å². The van der Waals surface area contributed by atoms with Gasteiger partial charge in [-0.15, -0.1) is 0 Å². The van der Waals surface area contributed by atoms with Crippen LogP contribution in [0.3, 0.4) is 0 Å². The van der Waals surface area contributed by atoms with E-state index in [2.05, 4.69) is 111 Å². The number of carbonyl (C=O) groups is 1. The molecule has 1 saturated heterocycles. The van der Waals surface area contributed by atoms with Crippen molar-refractivity contribution in [1.82, 2.24) is 19.6 Å². The Hall–Kier alpha value is -2.99. The largest absolute Gasteiger partial charge is 0.343 e. The Bertz CT molecular complexity index is 1170. The topological polar surface area (TPSA) is 30.0 Å². The van der Waals surface area contributed by atoms with Crippen LogP contribution in [0.25, 0.3) is 0 Å². The Morgan fingerprint density at radius 3 is 0.951 bits per heavy atom. The molecule has 4 rings (SSSR count). The van der Waals surface area contributed by atoms with Gasteiger partial charge in [-0.25, -0.2) is 0 Å². The fourth-order valence-electron chi connectivity index (χ4n) is 6.10. The molecule has 5 nitrogen and oxygen atoms in total. The summed E-state index contributed by atoms with van der Waals surface area (Å²) in [5.41, 5.74) is 12.4. The third-order valence-electron chi connectivity index (χ3n) is 9.10. The standard InChI is InChI=1S/C36H50N4O/c1-28-10-7-11-29(2)34(28)24-37-16-18-38(25-35-30(3)12-8-13-31(35)4)20-22-40(27-41)23-21-39(19-17-37)26-36-32(5)14-9-15-33(36)6/h7-15,27H,16-26H2,1-6H3. The second-order valence-electron chi connectivity index (χ2n) is 12.1. The number of benzene rings is 3. The molecular formula is C36H50N4O. The van der Waals surface area contributed by atoms with Crippen LogP contribution in [-0.4, -0.2) is 78.4 Å². The van der Waals surface area contributed by atoms with E-state index < -0.39 is 0 Å². The molecule has 3 aromatic carbocycles. The summed E-state index contributed by atoms with van der Waals surface area (Å²) in [4.78, 5) is 21.9. The molecule has 220 valence electrons. The monoisotopic (exact) mass is 554 g/mol. The highest BCUT2D eigenvalue weighted by molar-refractivity contribution is 5.47. The third-order valence-corrected chi connectivity index (χ3v) is 9.10. The number of amides is 1. The van der Waals surface area contributed by atoms with Crippen LogP contribution in [0, 0.1) is 41.5 Å². The summed E-state index contributed by atoms with van der Waals surface area (Å²) in [6.45, 7) is 23.4. The molecule has 0 aromatic heterocycles. The van der Waals surface area contributed by atoms with Crippen molar-refractivity contribution in [3.63, 3.8) is 0 Å². The van der Waals surface area contributed by atoms with E-state index in [1.165, 1.54) is 50.1 Å². The van der Waals surface area contributed by atoms with Crippen molar-refractivity contribution in [2.75, 3.05) is 52.4 Å². The van der Waals surface area contributed by atoms with Gasteiger partial charge in [0.1, 0.15) is 0 Å². The first-order valence-corrected chi connectivity index (χ1v) is 15.3. The van der Waals surface area contributed by atoms with Gasteiger partial charge in [0, 0.05) is 72.0 Å². The quantitative estimate of drug-likeness (QED) is 0.345. The predicted molar refractivity (Wildman–Crippen MR) is 171 cm³/mol. The molecule has 1 aliphatic heterocycles. The van der Waals surface area contributed by atoms with Gasteiger partial charge < -0.3 is 4.90 Å². The van der Waals surface area contributed by atoms with Crippen LogP contribution in [0.4, 0.5) is 0 Å². The number of hydrogen-bond donors (Lipinski definition) is 0. The van der Waals surface area contributed by atoms with E-state index in [0.29, 0.717) is 0 Å². The second-order valence-corrected chi connectivity index (χ2v) is 12.1. The summed E-state index contributed by atoms with van der Waals surface area (Å²) in [7, 11) is 0. The Morgan fingerprint density at radius 2 is 0.707 bits per heavy atom. The van der Waals surface area contributed by atoms with Crippen molar-refractivity contribution in [2.45, 2.75) is 61.2 Å². The smallest absolute Gasteiger partial charge is 0.209 e. The number of rotatable bonds is 7. The van der Waals surface area contributed by atoms with Gasteiger partial charge in [-0.3, -0.25) is 19.5 Å². The van der Waals surface area contributed by atoms with Gasteiger partial charge in [0.15, 0.2) is 0 Å². The summed E-state index contributed by atoms with van der Waals surface area (Å²) in [5, 5.41) is 0. The zero-order valence-corrected chi connectivity index (χ0v) is 26.2. The van der Waals surface area contributed by atoms with Crippen LogP contribution in [0.15, 0.2) is 54.6 Å². The molecule has 0 saturated carbocycles. The summed E-state index contributed by atoms with van der Waals surface area (Å²) >= 11 is 0. The molecule has 0 radical (unpaired) electrons. The highest BCUT2D eigenvalue weighted by atomic mass is 16.1. The fourth-order valence-corrected chi connectivity index (χ4v) is 6.10. The molecular weight excluding hydrogens is 504 g/mol. The molecule has 1 amide bonds. The van der Waals surface area contributed by atoms with E-state index in [1.54, 1.807) is 0 Å². The van der Waals surface area contributed by atoms with Crippen LogP contribution in [0.2, 0.25) is 0 Å². The molecule has 0 atom stereocenters. The minimum Gasteiger partial charge on any atom is -0.343 e. The van der Waals surface area contributed by atoms with Crippen molar-refractivity contribution in [3.05, 3.63) is 105 Å². The van der Waals surface area contributed by atoms with Crippen molar-refractivity contribution < 1.29 is 4.79 Å². The van der Waals surface area contributed by atoms with Gasteiger partial charge >= 0.3 is 0 Å². The number of hydrogen-bond acceptors (Lipinski definition) is 4. The number of aryl methyl sites for hydroxylation is 6.